The molecule has 0 aromatic carbocycles. The Bertz CT molecular complexity index is 343. The van der Waals surface area contributed by atoms with Crippen molar-refractivity contribution in [3.8, 4) is 0 Å². The van der Waals surface area contributed by atoms with Crippen LogP contribution in [0.2, 0.25) is 0 Å². The Labute approximate surface area is 113 Å². The Balaban J connectivity index is -0.0000000400. The van der Waals surface area contributed by atoms with E-state index in [0.717, 1.165) is 0 Å². The van der Waals surface area contributed by atoms with Crippen molar-refractivity contribution >= 4 is 0 Å². The van der Waals surface area contributed by atoms with Gasteiger partial charge in [-0.2, -0.15) is 0 Å². The Hall–Kier alpha value is 0.677. The van der Waals surface area contributed by atoms with Gasteiger partial charge in [0.05, 0.1) is 0 Å². The topological polar surface area (TPSA) is 241 Å². The fourth-order valence-electron chi connectivity index (χ4n) is 0. The van der Waals surface area contributed by atoms with Crippen LogP contribution in [0.1, 0.15) is 0 Å². The van der Waals surface area contributed by atoms with Crippen LogP contribution in [0.3, 0.4) is 0 Å². The standard InChI is InChI=1S/C.3Cr.Cu.12O/q+4;;;;+2;;;;;;;6*-1. The van der Waals surface area contributed by atoms with Gasteiger partial charge in [-0.25, -0.2) is 0 Å². The quantitative estimate of drug-likeness (QED) is 0.330. The molecular formula is CCr3CuO12. The number of rotatable bonds is 0. The van der Waals surface area contributed by atoms with Gasteiger partial charge in [0.1, 0.15) is 0 Å². The van der Waals surface area contributed by atoms with Gasteiger partial charge in [0, 0.05) is 0 Å². The molecule has 16 heteroatoms. The normalized spacial score (nSPS) is 10.2. The molecule has 1 radical (unpaired) electrons. The van der Waals surface area contributed by atoms with Crippen LogP contribution < -0.4 is 24.9 Å². The Morgan fingerprint density at radius 2 is 0.471 bits per heavy atom. The summed E-state index contributed by atoms with van der Waals surface area (Å²) in [5, 5.41) is 0. The van der Waals surface area contributed by atoms with Crippen LogP contribution in [-0.2, 0) is 80.7 Å². The summed E-state index contributed by atoms with van der Waals surface area (Å²) < 4.78 is 103. The van der Waals surface area contributed by atoms with Crippen LogP contribution in [0.4, 0.5) is 0 Å². The van der Waals surface area contributed by atoms with Crippen LogP contribution in [-0.4, -0.2) is 0 Å². The van der Waals surface area contributed by atoms with Gasteiger partial charge >= 0.3 is 113 Å². The Morgan fingerprint density at radius 3 is 0.471 bits per heavy atom. The molecule has 0 rings (SSSR count). The predicted molar refractivity (Wildman–Crippen MR) is 7.36 cm³/mol. The first-order chi connectivity index (χ1) is 6.00. The first-order valence-corrected chi connectivity index (χ1v) is 8.25. The molecule has 0 saturated carbocycles. The fourth-order valence-corrected chi connectivity index (χ4v) is 0. The van der Waals surface area contributed by atoms with Crippen molar-refractivity contribution in [2.24, 2.45) is 0 Å². The molecule has 0 bridgehead atoms. The molecule has 105 valence electrons. The summed E-state index contributed by atoms with van der Waals surface area (Å²) in [7, 11) is 0. The average molecular weight is 424 g/mol. The van der Waals surface area contributed by atoms with Crippen LogP contribution in [0.25, 0.3) is 0 Å². The van der Waals surface area contributed by atoms with E-state index in [4.69, 9.17) is 47.8 Å². The first kappa shape index (κ1) is 30.6. The maximum absolute atomic E-state index is 8.59. The summed E-state index contributed by atoms with van der Waals surface area (Å²) in [5.74, 6) is 0. The summed E-state index contributed by atoms with van der Waals surface area (Å²) in [4.78, 5) is 0. The van der Waals surface area contributed by atoms with Crippen molar-refractivity contribution in [3.63, 3.8) is 0 Å². The van der Waals surface area contributed by atoms with E-state index < -0.39 is 40.8 Å². The molecule has 0 spiro atoms. The Kier molecular flexibility index (Phi) is 21.1. The zero-order chi connectivity index (χ0) is 13.5. The molecule has 12 nitrogen and oxygen atoms in total. The van der Waals surface area contributed by atoms with E-state index in [0.29, 0.717) is 0 Å². The van der Waals surface area contributed by atoms with Crippen molar-refractivity contribution < 1.29 is 106 Å². The average Bonchev–Trinajstić information content (AvgIpc) is 1.41. The second-order valence-corrected chi connectivity index (χ2v) is 5.05. The van der Waals surface area contributed by atoms with Crippen LogP contribution in [0.5, 0.6) is 0 Å². The molecule has 0 aliphatic carbocycles. The van der Waals surface area contributed by atoms with Gasteiger partial charge in [-0.1, -0.05) is 0 Å². The maximum atomic E-state index is 8.59. The molecule has 0 fully saturated rings. The molecule has 0 heterocycles. The fraction of sp³-hybridized carbons (Fsp3) is 0. The van der Waals surface area contributed by atoms with E-state index in [1.54, 1.807) is 0 Å². The van der Waals surface area contributed by atoms with Gasteiger partial charge in [0.15, 0.2) is 0 Å². The van der Waals surface area contributed by atoms with Crippen LogP contribution in [0.15, 0.2) is 0 Å². The summed E-state index contributed by atoms with van der Waals surface area (Å²) >= 11 is -17.2. The van der Waals surface area contributed by atoms with Crippen molar-refractivity contribution in [1.82, 2.24) is 0 Å². The third-order valence-electron chi connectivity index (χ3n) is 0. The summed E-state index contributed by atoms with van der Waals surface area (Å²) in [5.41, 5.74) is 0. The van der Waals surface area contributed by atoms with Crippen LogP contribution >= 0.6 is 0 Å². The van der Waals surface area contributed by atoms with Gasteiger partial charge in [-0.05, 0) is 0 Å². The molecule has 0 aliphatic rings. The molecule has 0 aromatic heterocycles. The Morgan fingerprint density at radius 1 is 0.471 bits per heavy atom. The first-order valence-electron chi connectivity index (χ1n) is 2.00. The van der Waals surface area contributed by atoms with Crippen molar-refractivity contribution in [2.75, 3.05) is 0 Å². The minimum absolute atomic E-state index is 0. The van der Waals surface area contributed by atoms with E-state index in [1.165, 1.54) is 0 Å². The monoisotopic (exact) mass is 423 g/mol. The van der Waals surface area contributed by atoms with E-state index >= 15 is 0 Å². The molecule has 0 N–H and O–H groups in total. The van der Waals surface area contributed by atoms with Crippen molar-refractivity contribution in [3.05, 3.63) is 7.43 Å². The van der Waals surface area contributed by atoms with Crippen molar-refractivity contribution in [1.29, 1.82) is 0 Å². The molecule has 0 aromatic rings. The minimum atomic E-state index is -5.75. The molecule has 0 atom stereocenters. The van der Waals surface area contributed by atoms with Gasteiger partial charge in [0.2, 0.25) is 0 Å². The second-order valence-electron chi connectivity index (χ2n) is 1.22. The third-order valence-corrected chi connectivity index (χ3v) is 0. The zero-order valence-electron chi connectivity index (χ0n) is 6.93. The molecule has 17 heavy (non-hydrogen) atoms. The molecule has 0 aliphatic heterocycles. The zero-order valence-corrected chi connectivity index (χ0v) is 11.7. The van der Waals surface area contributed by atoms with Gasteiger partial charge in [-0.15, -0.1) is 0 Å². The summed E-state index contributed by atoms with van der Waals surface area (Å²) in [6.45, 7) is 0. The van der Waals surface area contributed by atoms with Gasteiger partial charge in [-0.3, -0.25) is 0 Å². The number of hydrogen-bond acceptors (Lipinski definition) is 12. The molecule has 0 saturated heterocycles. The summed E-state index contributed by atoms with van der Waals surface area (Å²) in [6, 6.07) is 0. The summed E-state index contributed by atoms with van der Waals surface area (Å²) in [6.07, 6.45) is 0. The van der Waals surface area contributed by atoms with E-state index in [2.05, 4.69) is 0 Å². The molecular weight excluding hydrogens is 424 g/mol. The van der Waals surface area contributed by atoms with Gasteiger partial charge < -0.3 is 0 Å². The van der Waals surface area contributed by atoms with Gasteiger partial charge in [0.25, 0.3) is 0 Å². The third kappa shape index (κ3) is 7840. The second kappa shape index (κ2) is 11.7. The van der Waals surface area contributed by atoms with E-state index in [-0.39, 0.29) is 24.5 Å². The predicted octanol–water partition coefficient (Wildman–Crippen LogP) is -7.78. The molecule has 0 amide bonds. The van der Waals surface area contributed by atoms with Crippen LogP contribution in [0, 0.1) is 7.43 Å². The SMILES string of the molecule is [C+4].[Cu+2].[O]=[Cr](=[O])([O-])[O-].[O]=[Cr](=[O])([O-])[O-].[O]=[Cr](=[O])([O-])[O-]. The number of hydrogen-bond donors (Lipinski definition) is 0. The van der Waals surface area contributed by atoms with Crippen molar-refractivity contribution in [2.45, 2.75) is 0 Å². The van der Waals surface area contributed by atoms with E-state index in [9.17, 15) is 0 Å². The van der Waals surface area contributed by atoms with E-state index in [1.807, 2.05) is 0 Å². The molecule has 0 unspecified atom stereocenters.